The van der Waals surface area contributed by atoms with Crippen LogP contribution in [0.25, 0.3) is 0 Å². The molecule has 0 saturated carbocycles. The van der Waals surface area contributed by atoms with Crippen molar-refractivity contribution in [3.63, 3.8) is 0 Å². The fourth-order valence-electron chi connectivity index (χ4n) is 3.08. The summed E-state index contributed by atoms with van der Waals surface area (Å²) in [5.74, 6) is 0.599. The molecule has 5 nitrogen and oxygen atoms in total. The molecule has 1 aliphatic heterocycles. The molecule has 1 fully saturated rings. The Balaban J connectivity index is 1.93. The van der Waals surface area contributed by atoms with Gasteiger partial charge in [0.15, 0.2) is 0 Å². The van der Waals surface area contributed by atoms with Gasteiger partial charge >= 0.3 is 0 Å². The Morgan fingerprint density at radius 2 is 2.05 bits per heavy atom. The predicted molar refractivity (Wildman–Crippen MR) is 81.4 cm³/mol. The highest BCUT2D eigenvalue weighted by Crippen LogP contribution is 2.18. The Morgan fingerprint density at radius 3 is 2.65 bits per heavy atom. The van der Waals surface area contributed by atoms with Gasteiger partial charge in [-0.25, -0.2) is 4.98 Å². The third kappa shape index (κ3) is 3.91. The number of ether oxygens (including phenoxy) is 1. The minimum absolute atomic E-state index is 0.549. The number of anilines is 1. The predicted octanol–water partition coefficient (Wildman–Crippen LogP) is 1.20. The van der Waals surface area contributed by atoms with E-state index in [1.807, 2.05) is 12.1 Å². The van der Waals surface area contributed by atoms with Gasteiger partial charge in [-0.05, 0) is 31.5 Å². The average molecular weight is 278 g/mol. The van der Waals surface area contributed by atoms with Crippen LogP contribution in [0.4, 0.5) is 5.82 Å². The third-order valence-electron chi connectivity index (χ3n) is 3.98. The van der Waals surface area contributed by atoms with Crippen molar-refractivity contribution in [1.82, 2.24) is 14.8 Å². The quantitative estimate of drug-likeness (QED) is 0.877. The minimum atomic E-state index is 0.549. The van der Waals surface area contributed by atoms with Crippen LogP contribution in [0.2, 0.25) is 0 Å². The van der Waals surface area contributed by atoms with Gasteiger partial charge in [0.1, 0.15) is 5.82 Å². The van der Waals surface area contributed by atoms with Gasteiger partial charge in [0, 0.05) is 51.6 Å². The molecule has 1 aliphatic rings. The fraction of sp³-hybridized carbons (Fsp3) is 0.667. The molecule has 2 N–H and O–H groups in total. The van der Waals surface area contributed by atoms with Crippen LogP contribution in [-0.2, 0) is 11.3 Å². The first-order valence-electron chi connectivity index (χ1n) is 7.27. The van der Waals surface area contributed by atoms with Crippen LogP contribution < -0.4 is 5.73 Å². The van der Waals surface area contributed by atoms with Crippen molar-refractivity contribution in [2.45, 2.75) is 32.5 Å². The zero-order valence-electron chi connectivity index (χ0n) is 12.7. The molecule has 0 spiro atoms. The van der Waals surface area contributed by atoms with Crippen LogP contribution in [0.5, 0.6) is 0 Å². The summed E-state index contributed by atoms with van der Waals surface area (Å²) < 4.78 is 5.20. The smallest absolute Gasteiger partial charge is 0.123 e. The number of piperazine rings is 1. The molecule has 1 saturated heterocycles. The Hall–Kier alpha value is -1.17. The number of aromatic nitrogens is 1. The summed E-state index contributed by atoms with van der Waals surface area (Å²) in [4.78, 5) is 9.07. The van der Waals surface area contributed by atoms with Crippen molar-refractivity contribution in [3.8, 4) is 0 Å². The molecule has 0 radical (unpaired) electrons. The molecule has 0 aliphatic carbocycles. The van der Waals surface area contributed by atoms with Crippen molar-refractivity contribution in [2.75, 3.05) is 39.1 Å². The largest absolute Gasteiger partial charge is 0.384 e. The summed E-state index contributed by atoms with van der Waals surface area (Å²) in [6, 6.07) is 5.11. The average Bonchev–Trinajstić information content (AvgIpc) is 2.38. The highest BCUT2D eigenvalue weighted by atomic mass is 16.5. The van der Waals surface area contributed by atoms with Crippen LogP contribution in [-0.4, -0.2) is 60.2 Å². The number of nitrogen functional groups attached to an aromatic ring is 1. The number of rotatable bonds is 5. The zero-order chi connectivity index (χ0) is 14.5. The van der Waals surface area contributed by atoms with Crippen LogP contribution in [0.15, 0.2) is 18.3 Å². The van der Waals surface area contributed by atoms with E-state index >= 15 is 0 Å². The van der Waals surface area contributed by atoms with E-state index in [2.05, 4.69) is 28.6 Å². The molecule has 0 bridgehead atoms. The van der Waals surface area contributed by atoms with E-state index < -0.39 is 0 Å². The van der Waals surface area contributed by atoms with E-state index in [4.69, 9.17) is 10.5 Å². The first-order valence-corrected chi connectivity index (χ1v) is 7.27. The molecular formula is C15H26N4O. The molecule has 2 rings (SSSR count). The molecular weight excluding hydrogens is 252 g/mol. The van der Waals surface area contributed by atoms with E-state index in [1.165, 1.54) is 5.56 Å². The maximum absolute atomic E-state index is 5.74. The van der Waals surface area contributed by atoms with Gasteiger partial charge in [0.2, 0.25) is 0 Å². The Kier molecular flexibility index (Phi) is 5.34. The van der Waals surface area contributed by atoms with E-state index in [9.17, 15) is 0 Å². The fourth-order valence-corrected chi connectivity index (χ4v) is 3.08. The van der Waals surface area contributed by atoms with Gasteiger partial charge in [-0.1, -0.05) is 0 Å². The maximum Gasteiger partial charge on any atom is 0.123 e. The van der Waals surface area contributed by atoms with Crippen molar-refractivity contribution in [2.24, 2.45) is 0 Å². The summed E-state index contributed by atoms with van der Waals surface area (Å²) in [6.45, 7) is 9.50. The lowest BCUT2D eigenvalue weighted by molar-refractivity contribution is 0.0179. The first kappa shape index (κ1) is 15.2. The highest BCUT2D eigenvalue weighted by molar-refractivity contribution is 5.31. The number of hydrogen-bond acceptors (Lipinski definition) is 5. The van der Waals surface area contributed by atoms with Crippen LogP contribution in [0.3, 0.4) is 0 Å². The summed E-state index contributed by atoms with van der Waals surface area (Å²) in [7, 11) is 1.76. The van der Waals surface area contributed by atoms with Gasteiger partial charge in [-0.2, -0.15) is 0 Å². The molecule has 20 heavy (non-hydrogen) atoms. The third-order valence-corrected chi connectivity index (χ3v) is 3.98. The molecule has 2 heterocycles. The van der Waals surface area contributed by atoms with E-state index in [0.29, 0.717) is 17.9 Å². The van der Waals surface area contributed by atoms with Crippen molar-refractivity contribution in [1.29, 1.82) is 0 Å². The van der Waals surface area contributed by atoms with Gasteiger partial charge in [-0.15, -0.1) is 0 Å². The van der Waals surface area contributed by atoms with Gasteiger partial charge < -0.3 is 10.5 Å². The topological polar surface area (TPSA) is 54.6 Å². The standard InChI is InChI=1S/C15H26N4O/c1-12-9-18(10-13(2)19(12)6-7-20-3)11-14-4-5-17-15(16)8-14/h4-5,8,12-13H,6-7,9-11H2,1-3H3,(H2,16,17)/t12-,13-/m1/s1. The molecule has 1 aromatic rings. The molecule has 0 unspecified atom stereocenters. The van der Waals surface area contributed by atoms with E-state index in [-0.39, 0.29) is 0 Å². The second-order valence-electron chi connectivity index (χ2n) is 5.71. The molecule has 1 aromatic heterocycles. The highest BCUT2D eigenvalue weighted by Gasteiger charge is 2.28. The second-order valence-corrected chi connectivity index (χ2v) is 5.71. The summed E-state index contributed by atoms with van der Waals surface area (Å²) in [5, 5.41) is 0. The SMILES string of the molecule is COCCN1[C@H](C)CN(Cc2ccnc(N)c2)C[C@H]1C. The summed E-state index contributed by atoms with van der Waals surface area (Å²) >= 11 is 0. The van der Waals surface area contributed by atoms with Crippen molar-refractivity contribution >= 4 is 5.82 Å². The number of nitrogens with zero attached hydrogens (tertiary/aromatic N) is 3. The summed E-state index contributed by atoms with van der Waals surface area (Å²) in [6.07, 6.45) is 1.78. The molecule has 2 atom stereocenters. The van der Waals surface area contributed by atoms with Crippen molar-refractivity contribution in [3.05, 3.63) is 23.9 Å². The van der Waals surface area contributed by atoms with Crippen molar-refractivity contribution < 1.29 is 4.74 Å². The molecule has 5 heteroatoms. The first-order chi connectivity index (χ1) is 9.60. The monoisotopic (exact) mass is 278 g/mol. The Morgan fingerprint density at radius 1 is 1.35 bits per heavy atom. The second kappa shape index (κ2) is 7.02. The zero-order valence-corrected chi connectivity index (χ0v) is 12.7. The lowest BCUT2D eigenvalue weighted by Crippen LogP contribution is -2.56. The van der Waals surface area contributed by atoms with E-state index in [0.717, 1.165) is 32.8 Å². The minimum Gasteiger partial charge on any atom is -0.384 e. The number of nitrogens with two attached hydrogens (primary N) is 1. The van der Waals surface area contributed by atoms with Gasteiger partial charge in [-0.3, -0.25) is 9.80 Å². The summed E-state index contributed by atoms with van der Waals surface area (Å²) in [5.41, 5.74) is 6.98. The Labute approximate surface area is 121 Å². The van der Waals surface area contributed by atoms with Crippen LogP contribution in [0.1, 0.15) is 19.4 Å². The molecule has 112 valence electrons. The van der Waals surface area contributed by atoms with Gasteiger partial charge in [0.05, 0.1) is 6.61 Å². The molecule has 0 aromatic carbocycles. The van der Waals surface area contributed by atoms with Crippen LogP contribution >= 0.6 is 0 Å². The lowest BCUT2D eigenvalue weighted by atomic mass is 10.1. The number of hydrogen-bond donors (Lipinski definition) is 1. The molecule has 0 amide bonds. The normalized spacial score (nSPS) is 24.9. The number of methoxy groups -OCH3 is 1. The number of pyridine rings is 1. The van der Waals surface area contributed by atoms with Crippen LogP contribution in [0, 0.1) is 0 Å². The van der Waals surface area contributed by atoms with Gasteiger partial charge in [0.25, 0.3) is 0 Å². The van der Waals surface area contributed by atoms with E-state index in [1.54, 1.807) is 13.3 Å². The maximum atomic E-state index is 5.74. The lowest BCUT2D eigenvalue weighted by Gasteiger charge is -2.44. The Bertz CT molecular complexity index is 414.